The van der Waals surface area contributed by atoms with Gasteiger partial charge in [-0.3, -0.25) is 4.79 Å². The van der Waals surface area contributed by atoms with E-state index in [0.717, 1.165) is 12.0 Å². The van der Waals surface area contributed by atoms with Crippen molar-refractivity contribution >= 4 is 12.0 Å². The number of carbonyl (C=O) groups is 2. The van der Waals surface area contributed by atoms with E-state index < -0.39 is 6.09 Å². The molecule has 0 fully saturated rings. The summed E-state index contributed by atoms with van der Waals surface area (Å²) >= 11 is 0. The van der Waals surface area contributed by atoms with Crippen LogP contribution in [0.25, 0.3) is 0 Å². The van der Waals surface area contributed by atoms with E-state index in [1.54, 1.807) is 12.1 Å². The first-order valence-electron chi connectivity index (χ1n) is 6.59. The molecule has 1 aromatic rings. The minimum atomic E-state index is -0.469. The number of benzene rings is 1. The molecule has 1 rings (SSSR count). The Kier molecular flexibility index (Phi) is 5.55. The van der Waals surface area contributed by atoms with Crippen LogP contribution in [0.5, 0.6) is 5.75 Å². The highest BCUT2D eigenvalue weighted by Gasteiger charge is 2.15. The van der Waals surface area contributed by atoms with E-state index in [1.165, 1.54) is 6.92 Å². The molecule has 5 heteroatoms. The average molecular weight is 278 g/mol. The Hall–Kier alpha value is -2.04. The van der Waals surface area contributed by atoms with Crippen molar-refractivity contribution in [1.82, 2.24) is 10.6 Å². The molecule has 20 heavy (non-hydrogen) atoms. The van der Waals surface area contributed by atoms with Gasteiger partial charge in [0.2, 0.25) is 5.91 Å². The van der Waals surface area contributed by atoms with Gasteiger partial charge < -0.3 is 15.4 Å². The van der Waals surface area contributed by atoms with Crippen LogP contribution in [0, 0.1) is 0 Å². The average Bonchev–Trinajstić information content (AvgIpc) is 2.28. The number of nitrogens with one attached hydrogen (secondary N) is 2. The predicted molar refractivity (Wildman–Crippen MR) is 77.7 cm³/mol. The summed E-state index contributed by atoms with van der Waals surface area (Å²) < 4.78 is 5.17. The van der Waals surface area contributed by atoms with E-state index in [9.17, 15) is 9.59 Å². The maximum absolute atomic E-state index is 11.6. The molecule has 0 radical (unpaired) electrons. The molecular weight excluding hydrogens is 256 g/mol. The van der Waals surface area contributed by atoms with Crippen molar-refractivity contribution < 1.29 is 14.3 Å². The van der Waals surface area contributed by atoms with Crippen LogP contribution in [0.3, 0.4) is 0 Å². The minimum Gasteiger partial charge on any atom is -0.410 e. The highest BCUT2D eigenvalue weighted by Crippen LogP contribution is 2.13. The van der Waals surface area contributed by atoms with E-state index in [2.05, 4.69) is 10.6 Å². The summed E-state index contributed by atoms with van der Waals surface area (Å²) in [5.74, 6) is 0.457. The van der Waals surface area contributed by atoms with E-state index >= 15 is 0 Å². The number of rotatable bonds is 4. The van der Waals surface area contributed by atoms with Gasteiger partial charge in [-0.15, -0.1) is 0 Å². The first-order chi connectivity index (χ1) is 9.26. The van der Waals surface area contributed by atoms with Crippen LogP contribution in [0.1, 0.15) is 33.3 Å². The van der Waals surface area contributed by atoms with Gasteiger partial charge >= 0.3 is 6.09 Å². The predicted octanol–water partition coefficient (Wildman–Crippen LogP) is 2.25. The third-order valence-electron chi connectivity index (χ3n) is 2.40. The van der Waals surface area contributed by atoms with Crippen LogP contribution in [0.2, 0.25) is 0 Å². The largest absolute Gasteiger partial charge is 0.413 e. The van der Waals surface area contributed by atoms with Crippen LogP contribution in [-0.2, 0) is 11.2 Å². The highest BCUT2D eigenvalue weighted by atomic mass is 16.6. The number of carbonyl (C=O) groups excluding carboxylic acids is 2. The summed E-state index contributed by atoms with van der Waals surface area (Å²) in [6.45, 7) is 7.75. The molecule has 0 saturated carbocycles. The van der Waals surface area contributed by atoms with Crippen LogP contribution < -0.4 is 15.4 Å². The molecular formula is C15H22N2O3. The van der Waals surface area contributed by atoms with Gasteiger partial charge in [0.05, 0.1) is 0 Å². The van der Waals surface area contributed by atoms with Crippen molar-refractivity contribution in [3.05, 3.63) is 29.8 Å². The fourth-order valence-electron chi connectivity index (χ4n) is 1.55. The monoisotopic (exact) mass is 278 g/mol. The zero-order chi connectivity index (χ0) is 15.2. The second-order valence-electron chi connectivity index (χ2n) is 5.64. The standard InChI is InChI=1S/C15H22N2O3/c1-11(18)16-10-9-12-5-7-13(8-6-12)20-14(19)17-15(2,3)4/h5-8H,9-10H2,1-4H3,(H,16,18)(H,17,19). The van der Waals surface area contributed by atoms with Crippen molar-refractivity contribution in [2.24, 2.45) is 0 Å². The zero-order valence-corrected chi connectivity index (χ0v) is 12.4. The number of hydrogen-bond acceptors (Lipinski definition) is 3. The van der Waals surface area contributed by atoms with E-state index in [-0.39, 0.29) is 11.4 Å². The molecule has 0 bridgehead atoms. The first-order valence-corrected chi connectivity index (χ1v) is 6.59. The third-order valence-corrected chi connectivity index (χ3v) is 2.40. The van der Waals surface area contributed by atoms with Gasteiger partial charge in [0.1, 0.15) is 5.75 Å². The first kappa shape index (κ1) is 16.0. The summed E-state index contributed by atoms with van der Waals surface area (Å²) in [4.78, 5) is 22.3. The van der Waals surface area contributed by atoms with Crippen molar-refractivity contribution in [2.45, 2.75) is 39.7 Å². The van der Waals surface area contributed by atoms with Crippen LogP contribution in [0.15, 0.2) is 24.3 Å². The summed E-state index contributed by atoms with van der Waals surface area (Å²) in [6.07, 6.45) is 0.275. The second-order valence-corrected chi connectivity index (χ2v) is 5.64. The van der Waals surface area contributed by atoms with Gasteiger partial charge in [-0.05, 0) is 44.9 Å². The van der Waals surface area contributed by atoms with Gasteiger partial charge in [0, 0.05) is 19.0 Å². The Morgan fingerprint density at radius 2 is 1.75 bits per heavy atom. The number of ether oxygens (including phenoxy) is 1. The van der Waals surface area contributed by atoms with Gasteiger partial charge in [-0.2, -0.15) is 0 Å². The van der Waals surface area contributed by atoms with E-state index in [1.807, 2.05) is 32.9 Å². The van der Waals surface area contributed by atoms with E-state index in [4.69, 9.17) is 4.74 Å². The van der Waals surface area contributed by atoms with Crippen LogP contribution in [0.4, 0.5) is 4.79 Å². The van der Waals surface area contributed by atoms with Crippen LogP contribution >= 0.6 is 0 Å². The Morgan fingerprint density at radius 1 is 1.15 bits per heavy atom. The Balaban J connectivity index is 2.46. The number of hydrogen-bond donors (Lipinski definition) is 2. The molecule has 0 aliphatic rings. The molecule has 0 unspecified atom stereocenters. The van der Waals surface area contributed by atoms with Crippen LogP contribution in [-0.4, -0.2) is 24.1 Å². The second kappa shape index (κ2) is 6.93. The topological polar surface area (TPSA) is 67.4 Å². The normalized spacial score (nSPS) is 10.8. The minimum absolute atomic E-state index is 0.0381. The molecule has 2 N–H and O–H groups in total. The lowest BCUT2D eigenvalue weighted by Crippen LogP contribution is -2.42. The molecule has 0 aliphatic heterocycles. The summed E-state index contributed by atoms with van der Waals surface area (Å²) in [6, 6.07) is 7.24. The van der Waals surface area contributed by atoms with Crippen molar-refractivity contribution in [3.8, 4) is 5.75 Å². The molecule has 1 aromatic carbocycles. The van der Waals surface area contributed by atoms with Gasteiger partial charge in [0.15, 0.2) is 0 Å². The fraction of sp³-hybridized carbons (Fsp3) is 0.467. The lowest BCUT2D eigenvalue weighted by molar-refractivity contribution is -0.118. The molecule has 0 aromatic heterocycles. The molecule has 0 atom stereocenters. The Labute approximate surface area is 119 Å². The van der Waals surface area contributed by atoms with Crippen molar-refractivity contribution in [1.29, 1.82) is 0 Å². The Bertz CT molecular complexity index is 461. The summed E-state index contributed by atoms with van der Waals surface area (Å²) in [7, 11) is 0. The molecule has 0 heterocycles. The van der Waals surface area contributed by atoms with Gasteiger partial charge in [-0.1, -0.05) is 12.1 Å². The molecule has 0 saturated heterocycles. The van der Waals surface area contributed by atoms with Crippen molar-refractivity contribution in [3.63, 3.8) is 0 Å². The molecule has 5 nitrogen and oxygen atoms in total. The zero-order valence-electron chi connectivity index (χ0n) is 12.4. The SMILES string of the molecule is CC(=O)NCCc1ccc(OC(=O)NC(C)(C)C)cc1. The molecule has 110 valence electrons. The summed E-state index contributed by atoms with van der Waals surface area (Å²) in [5, 5.41) is 5.45. The smallest absolute Gasteiger partial charge is 0.410 e. The maximum atomic E-state index is 11.6. The molecule has 2 amide bonds. The lowest BCUT2D eigenvalue weighted by Gasteiger charge is -2.19. The third kappa shape index (κ3) is 6.78. The quantitative estimate of drug-likeness (QED) is 0.887. The fourth-order valence-corrected chi connectivity index (χ4v) is 1.55. The highest BCUT2D eigenvalue weighted by molar-refractivity contribution is 5.72. The van der Waals surface area contributed by atoms with E-state index in [0.29, 0.717) is 12.3 Å². The Morgan fingerprint density at radius 3 is 2.25 bits per heavy atom. The summed E-state index contributed by atoms with van der Waals surface area (Å²) in [5.41, 5.74) is 0.748. The molecule has 0 aliphatic carbocycles. The van der Waals surface area contributed by atoms with Gasteiger partial charge in [-0.25, -0.2) is 4.79 Å². The van der Waals surface area contributed by atoms with Gasteiger partial charge in [0.25, 0.3) is 0 Å². The lowest BCUT2D eigenvalue weighted by atomic mass is 10.1. The molecule has 0 spiro atoms. The number of amides is 2. The maximum Gasteiger partial charge on any atom is 0.413 e. The van der Waals surface area contributed by atoms with Crippen molar-refractivity contribution in [2.75, 3.05) is 6.54 Å².